The number of thiazole rings is 1. The van der Waals surface area contributed by atoms with Gasteiger partial charge in [-0.15, -0.1) is 22.7 Å². The van der Waals surface area contributed by atoms with E-state index in [1.165, 1.54) is 34.8 Å². The van der Waals surface area contributed by atoms with E-state index in [9.17, 15) is 14.0 Å². The van der Waals surface area contributed by atoms with E-state index >= 15 is 0 Å². The minimum Gasteiger partial charge on any atom is -0.349 e. The van der Waals surface area contributed by atoms with Gasteiger partial charge in [-0.3, -0.25) is 9.59 Å². The molecule has 0 bridgehead atoms. The molecule has 2 amide bonds. The van der Waals surface area contributed by atoms with E-state index in [2.05, 4.69) is 20.7 Å². The molecular weight excluding hydrogens is 461 g/mol. The van der Waals surface area contributed by atoms with Crippen molar-refractivity contribution >= 4 is 39.6 Å². The molecule has 10 heteroatoms. The Bertz CT molecular complexity index is 1250. The zero-order valence-corrected chi connectivity index (χ0v) is 19.7. The van der Waals surface area contributed by atoms with Crippen molar-refractivity contribution in [2.24, 2.45) is 0 Å². The number of nitrogens with zero attached hydrogens (tertiary/aromatic N) is 3. The molecule has 0 saturated heterocycles. The number of halogens is 1. The monoisotopic (exact) mass is 483 g/mol. The second-order valence-corrected chi connectivity index (χ2v) is 9.38. The van der Waals surface area contributed by atoms with Gasteiger partial charge in [0.1, 0.15) is 5.82 Å². The molecule has 3 aromatic heterocycles. The number of nitrogens with one attached hydrogen (secondary N) is 2. The summed E-state index contributed by atoms with van der Waals surface area (Å²) in [6.45, 7) is 3.79. The van der Waals surface area contributed by atoms with Crippen LogP contribution in [-0.4, -0.2) is 26.6 Å². The molecule has 1 aromatic carbocycles. The predicted molar refractivity (Wildman–Crippen MR) is 127 cm³/mol. The molecule has 0 spiro atoms. The lowest BCUT2D eigenvalue weighted by molar-refractivity contribution is -0.121. The molecule has 0 aliphatic heterocycles. The summed E-state index contributed by atoms with van der Waals surface area (Å²) in [4.78, 5) is 30.0. The van der Waals surface area contributed by atoms with Crippen LogP contribution in [0.1, 0.15) is 34.8 Å². The van der Waals surface area contributed by atoms with Crippen LogP contribution in [0.4, 0.5) is 9.52 Å². The maximum absolute atomic E-state index is 13.2. The van der Waals surface area contributed by atoms with Crippen LogP contribution >= 0.6 is 22.7 Å². The molecule has 0 radical (unpaired) electrons. The Kier molecular flexibility index (Phi) is 6.95. The van der Waals surface area contributed by atoms with Crippen LogP contribution in [-0.2, 0) is 22.4 Å². The molecule has 170 valence electrons. The molecule has 0 saturated carbocycles. The SMILES string of the molecule is Cc1c(C(C)NC(=O)Cc2csc(NC(=O)Cc3cccs3)n2)cnn1-c1ccc(F)cc1. The summed E-state index contributed by atoms with van der Waals surface area (Å²) in [5, 5.41) is 14.3. The third kappa shape index (κ3) is 5.71. The molecule has 0 aliphatic carbocycles. The summed E-state index contributed by atoms with van der Waals surface area (Å²) >= 11 is 2.82. The number of hydrogen-bond donors (Lipinski definition) is 2. The largest absolute Gasteiger partial charge is 0.349 e. The molecule has 1 atom stereocenters. The standard InChI is InChI=1S/C23H22FN5O2S2/c1-14(20-12-25-29(15(20)2)18-7-5-16(24)6-8-18)26-21(30)10-17-13-33-23(27-17)28-22(31)11-19-4-3-9-32-19/h3-9,12-14H,10-11H2,1-2H3,(H,26,30)(H,27,28,31). The Morgan fingerprint density at radius 1 is 1.12 bits per heavy atom. The fourth-order valence-corrected chi connectivity index (χ4v) is 4.84. The highest BCUT2D eigenvalue weighted by Crippen LogP contribution is 2.21. The van der Waals surface area contributed by atoms with E-state index in [0.29, 0.717) is 17.2 Å². The van der Waals surface area contributed by atoms with E-state index in [1.54, 1.807) is 28.4 Å². The second kappa shape index (κ2) is 10.1. The van der Waals surface area contributed by atoms with Crippen LogP contribution in [0.5, 0.6) is 0 Å². The van der Waals surface area contributed by atoms with Crippen LogP contribution in [0.25, 0.3) is 5.69 Å². The van der Waals surface area contributed by atoms with Crippen LogP contribution in [0.15, 0.2) is 53.4 Å². The zero-order valence-electron chi connectivity index (χ0n) is 18.0. The van der Waals surface area contributed by atoms with Gasteiger partial charge in [-0.05, 0) is 49.6 Å². The summed E-state index contributed by atoms with van der Waals surface area (Å²) in [6.07, 6.45) is 2.11. The molecule has 0 aliphatic rings. The van der Waals surface area contributed by atoms with Crippen LogP contribution in [0, 0.1) is 12.7 Å². The quantitative estimate of drug-likeness (QED) is 0.388. The number of hydrogen-bond acceptors (Lipinski definition) is 6. The van der Waals surface area contributed by atoms with Gasteiger partial charge in [0.2, 0.25) is 11.8 Å². The molecule has 1 unspecified atom stereocenters. The van der Waals surface area contributed by atoms with E-state index < -0.39 is 0 Å². The number of thiophene rings is 1. The van der Waals surface area contributed by atoms with E-state index in [-0.39, 0.29) is 30.1 Å². The first-order valence-electron chi connectivity index (χ1n) is 10.3. The highest BCUT2D eigenvalue weighted by Gasteiger charge is 2.18. The normalized spacial score (nSPS) is 11.8. The molecule has 4 rings (SSSR count). The average molecular weight is 484 g/mol. The van der Waals surface area contributed by atoms with Gasteiger partial charge >= 0.3 is 0 Å². The van der Waals surface area contributed by atoms with Crippen molar-refractivity contribution in [2.45, 2.75) is 32.7 Å². The van der Waals surface area contributed by atoms with Crippen LogP contribution in [0.2, 0.25) is 0 Å². The molecular formula is C23H22FN5O2S2. The number of aromatic nitrogens is 3. The van der Waals surface area contributed by atoms with Gasteiger partial charge in [0.25, 0.3) is 0 Å². The van der Waals surface area contributed by atoms with Crippen molar-refractivity contribution in [3.63, 3.8) is 0 Å². The zero-order chi connectivity index (χ0) is 23.4. The number of rotatable bonds is 8. The molecule has 3 heterocycles. The van der Waals surface area contributed by atoms with Gasteiger partial charge in [-0.25, -0.2) is 14.1 Å². The summed E-state index contributed by atoms with van der Waals surface area (Å²) in [6, 6.07) is 9.62. The van der Waals surface area contributed by atoms with Gasteiger partial charge in [0.05, 0.1) is 36.5 Å². The van der Waals surface area contributed by atoms with Crippen molar-refractivity contribution in [1.29, 1.82) is 0 Å². The van der Waals surface area contributed by atoms with Gasteiger partial charge < -0.3 is 10.6 Å². The summed E-state index contributed by atoms with van der Waals surface area (Å²) in [5.74, 6) is -0.625. The number of anilines is 1. The highest BCUT2D eigenvalue weighted by atomic mass is 32.1. The number of carbonyl (C=O) groups excluding carboxylic acids is 2. The molecule has 4 aromatic rings. The van der Waals surface area contributed by atoms with E-state index in [0.717, 1.165) is 21.8 Å². The topological polar surface area (TPSA) is 88.9 Å². The van der Waals surface area contributed by atoms with Gasteiger partial charge in [-0.1, -0.05) is 6.07 Å². The van der Waals surface area contributed by atoms with Crippen molar-refractivity contribution < 1.29 is 14.0 Å². The Morgan fingerprint density at radius 2 is 1.91 bits per heavy atom. The number of carbonyl (C=O) groups is 2. The second-order valence-electron chi connectivity index (χ2n) is 7.49. The highest BCUT2D eigenvalue weighted by molar-refractivity contribution is 7.14. The first-order chi connectivity index (χ1) is 15.9. The van der Waals surface area contributed by atoms with Gasteiger partial charge in [0.15, 0.2) is 5.13 Å². The lowest BCUT2D eigenvalue weighted by Crippen LogP contribution is -2.28. The maximum Gasteiger partial charge on any atom is 0.231 e. The van der Waals surface area contributed by atoms with Crippen molar-refractivity contribution in [2.75, 3.05) is 5.32 Å². The Morgan fingerprint density at radius 3 is 2.64 bits per heavy atom. The van der Waals surface area contributed by atoms with Gasteiger partial charge in [0, 0.05) is 21.5 Å². The predicted octanol–water partition coefficient (Wildman–Crippen LogP) is 4.44. The van der Waals surface area contributed by atoms with E-state index in [4.69, 9.17) is 0 Å². The smallest absolute Gasteiger partial charge is 0.231 e. The van der Waals surface area contributed by atoms with Crippen molar-refractivity contribution in [3.05, 3.63) is 81.0 Å². The lowest BCUT2D eigenvalue weighted by Gasteiger charge is -2.14. The maximum atomic E-state index is 13.2. The Balaban J connectivity index is 1.33. The Hall–Kier alpha value is -3.37. The first kappa shape index (κ1) is 22.8. The number of benzene rings is 1. The fourth-order valence-electron chi connectivity index (χ4n) is 3.41. The fraction of sp³-hybridized carbons (Fsp3) is 0.217. The summed E-state index contributed by atoms with van der Waals surface area (Å²) in [5.41, 5.74) is 3.07. The third-order valence-corrected chi connectivity index (χ3v) is 6.70. The van der Waals surface area contributed by atoms with Gasteiger partial charge in [-0.2, -0.15) is 5.10 Å². The third-order valence-electron chi connectivity index (χ3n) is 5.02. The molecule has 7 nitrogen and oxygen atoms in total. The number of amides is 2. The van der Waals surface area contributed by atoms with Crippen LogP contribution < -0.4 is 10.6 Å². The van der Waals surface area contributed by atoms with E-state index in [1.807, 2.05) is 31.4 Å². The lowest BCUT2D eigenvalue weighted by atomic mass is 10.1. The van der Waals surface area contributed by atoms with Crippen molar-refractivity contribution in [1.82, 2.24) is 20.1 Å². The molecule has 0 fully saturated rings. The van der Waals surface area contributed by atoms with Crippen LogP contribution in [0.3, 0.4) is 0 Å². The average Bonchev–Trinajstić information content (AvgIpc) is 3.51. The summed E-state index contributed by atoms with van der Waals surface area (Å²) < 4.78 is 14.9. The van der Waals surface area contributed by atoms with Crippen molar-refractivity contribution in [3.8, 4) is 5.69 Å². The summed E-state index contributed by atoms with van der Waals surface area (Å²) in [7, 11) is 0. The minimum atomic E-state index is -0.309. The molecule has 33 heavy (non-hydrogen) atoms. The minimum absolute atomic E-state index is 0.104. The molecule has 2 N–H and O–H groups in total. The first-order valence-corrected chi connectivity index (χ1v) is 12.0. The Labute approximate surface area is 198 Å².